The summed E-state index contributed by atoms with van der Waals surface area (Å²) in [6.45, 7) is 2.50. The highest BCUT2D eigenvalue weighted by Gasteiger charge is 2.14. The summed E-state index contributed by atoms with van der Waals surface area (Å²) in [6.07, 6.45) is 5.09. The molecular formula is C23H25FN4O2. The Morgan fingerprint density at radius 1 is 1.10 bits per heavy atom. The van der Waals surface area contributed by atoms with Gasteiger partial charge >= 0.3 is 0 Å². The maximum absolute atomic E-state index is 13.5. The van der Waals surface area contributed by atoms with Crippen LogP contribution in [0.25, 0.3) is 10.9 Å². The molecule has 0 atom stereocenters. The molecule has 30 heavy (non-hydrogen) atoms. The number of fused-ring (bicyclic) bond motifs is 1. The van der Waals surface area contributed by atoms with E-state index in [4.69, 9.17) is 0 Å². The van der Waals surface area contributed by atoms with Crippen LogP contribution in [0.5, 0.6) is 0 Å². The number of carbonyl (C=O) groups is 1. The zero-order valence-electron chi connectivity index (χ0n) is 17.1. The van der Waals surface area contributed by atoms with E-state index >= 15 is 0 Å². The van der Waals surface area contributed by atoms with E-state index in [9.17, 15) is 14.0 Å². The number of rotatable bonds is 5. The van der Waals surface area contributed by atoms with Crippen molar-refractivity contribution in [3.63, 3.8) is 0 Å². The van der Waals surface area contributed by atoms with Crippen molar-refractivity contribution in [2.45, 2.75) is 32.4 Å². The highest BCUT2D eigenvalue weighted by Crippen LogP contribution is 2.20. The molecule has 2 heterocycles. The van der Waals surface area contributed by atoms with Crippen LogP contribution < -0.4 is 10.5 Å². The molecule has 0 radical (unpaired) electrons. The first-order valence-corrected chi connectivity index (χ1v) is 10.2. The average molecular weight is 408 g/mol. The van der Waals surface area contributed by atoms with Crippen LogP contribution in [0.3, 0.4) is 0 Å². The van der Waals surface area contributed by atoms with Crippen molar-refractivity contribution in [2.75, 3.05) is 25.0 Å². The fraction of sp³-hybridized carbons (Fsp3) is 0.348. The minimum absolute atomic E-state index is 0.138. The van der Waals surface area contributed by atoms with Crippen LogP contribution in [0, 0.1) is 5.82 Å². The van der Waals surface area contributed by atoms with Gasteiger partial charge in [0.05, 0.1) is 17.2 Å². The van der Waals surface area contributed by atoms with Crippen molar-refractivity contribution in [3.05, 3.63) is 70.5 Å². The van der Waals surface area contributed by atoms with E-state index in [1.165, 1.54) is 48.0 Å². The van der Waals surface area contributed by atoms with Gasteiger partial charge in [0.15, 0.2) is 0 Å². The van der Waals surface area contributed by atoms with Gasteiger partial charge in [0.25, 0.3) is 5.56 Å². The summed E-state index contributed by atoms with van der Waals surface area (Å²) in [5.74, 6) is -0.717. The SMILES string of the molecule is CN(Cc1ccc(N2CCCCC2)cc1)C(=O)Cn1cnc2ccc(F)cc2c1=O. The molecule has 6 nitrogen and oxygen atoms in total. The highest BCUT2D eigenvalue weighted by atomic mass is 19.1. The lowest BCUT2D eigenvalue weighted by Crippen LogP contribution is -2.33. The summed E-state index contributed by atoms with van der Waals surface area (Å²) >= 11 is 0. The van der Waals surface area contributed by atoms with Crippen molar-refractivity contribution in [2.24, 2.45) is 0 Å². The molecule has 1 fully saturated rings. The topological polar surface area (TPSA) is 58.4 Å². The Morgan fingerprint density at radius 3 is 2.57 bits per heavy atom. The van der Waals surface area contributed by atoms with Crippen molar-refractivity contribution in [1.29, 1.82) is 0 Å². The number of hydrogen-bond donors (Lipinski definition) is 0. The molecule has 0 saturated carbocycles. The lowest BCUT2D eigenvalue weighted by atomic mass is 10.1. The quantitative estimate of drug-likeness (QED) is 0.651. The van der Waals surface area contributed by atoms with Gasteiger partial charge < -0.3 is 9.80 Å². The third kappa shape index (κ3) is 4.35. The zero-order valence-corrected chi connectivity index (χ0v) is 17.1. The van der Waals surface area contributed by atoms with Crippen molar-refractivity contribution < 1.29 is 9.18 Å². The largest absolute Gasteiger partial charge is 0.372 e. The first-order chi connectivity index (χ1) is 14.5. The summed E-state index contributed by atoms with van der Waals surface area (Å²) in [6, 6.07) is 12.2. The number of halogens is 1. The monoisotopic (exact) mass is 408 g/mol. The molecular weight excluding hydrogens is 383 g/mol. The van der Waals surface area contributed by atoms with Crippen LogP contribution in [0.1, 0.15) is 24.8 Å². The van der Waals surface area contributed by atoms with Crippen LogP contribution in [0.15, 0.2) is 53.6 Å². The fourth-order valence-electron chi connectivity index (χ4n) is 3.84. The smallest absolute Gasteiger partial charge is 0.261 e. The molecule has 0 spiro atoms. The van der Waals surface area contributed by atoms with E-state index in [0.717, 1.165) is 24.7 Å². The average Bonchev–Trinajstić information content (AvgIpc) is 2.77. The number of hydrogen-bond acceptors (Lipinski definition) is 4. The molecule has 156 valence electrons. The Kier molecular flexibility index (Phi) is 5.79. The molecule has 0 bridgehead atoms. The molecule has 1 aromatic heterocycles. The van der Waals surface area contributed by atoms with E-state index < -0.39 is 11.4 Å². The van der Waals surface area contributed by atoms with Crippen molar-refractivity contribution >= 4 is 22.5 Å². The Morgan fingerprint density at radius 2 is 1.83 bits per heavy atom. The molecule has 4 rings (SSSR count). The molecule has 1 amide bonds. The molecule has 1 aliphatic rings. The van der Waals surface area contributed by atoms with Gasteiger partial charge in [0.2, 0.25) is 5.91 Å². The summed E-state index contributed by atoms with van der Waals surface area (Å²) in [7, 11) is 1.71. The van der Waals surface area contributed by atoms with Crippen molar-refractivity contribution in [3.8, 4) is 0 Å². The lowest BCUT2D eigenvalue weighted by molar-refractivity contribution is -0.131. The minimum Gasteiger partial charge on any atom is -0.372 e. The first-order valence-electron chi connectivity index (χ1n) is 10.2. The van der Waals surface area contributed by atoms with Crippen LogP contribution in [0.4, 0.5) is 10.1 Å². The van der Waals surface area contributed by atoms with Gasteiger partial charge in [-0.15, -0.1) is 0 Å². The predicted octanol–water partition coefficient (Wildman–Crippen LogP) is 3.18. The zero-order chi connectivity index (χ0) is 21.1. The summed E-state index contributed by atoms with van der Waals surface area (Å²) in [5.41, 5.74) is 2.23. The minimum atomic E-state index is -0.504. The lowest BCUT2D eigenvalue weighted by Gasteiger charge is -2.29. The van der Waals surface area contributed by atoms with Crippen LogP contribution in [-0.4, -0.2) is 40.5 Å². The van der Waals surface area contributed by atoms with Gasteiger partial charge in [-0.1, -0.05) is 12.1 Å². The molecule has 7 heteroatoms. The fourth-order valence-corrected chi connectivity index (χ4v) is 3.84. The number of carbonyl (C=O) groups excluding carboxylic acids is 1. The molecule has 1 aliphatic heterocycles. The molecule has 0 unspecified atom stereocenters. The summed E-state index contributed by atoms with van der Waals surface area (Å²) in [5, 5.41) is 0.168. The van der Waals surface area contributed by atoms with Gasteiger partial charge in [-0.2, -0.15) is 0 Å². The van der Waals surface area contributed by atoms with E-state index in [2.05, 4.69) is 22.0 Å². The van der Waals surface area contributed by atoms with Gasteiger partial charge in [-0.3, -0.25) is 14.2 Å². The third-order valence-electron chi connectivity index (χ3n) is 5.59. The maximum Gasteiger partial charge on any atom is 0.261 e. The Labute approximate surface area is 174 Å². The second-order valence-electron chi connectivity index (χ2n) is 7.80. The van der Waals surface area contributed by atoms with Crippen LogP contribution in [-0.2, 0) is 17.9 Å². The number of likely N-dealkylation sites (N-methyl/N-ethyl adjacent to an activating group) is 1. The molecule has 2 aromatic carbocycles. The van der Waals surface area contributed by atoms with Crippen LogP contribution >= 0.6 is 0 Å². The van der Waals surface area contributed by atoms with E-state index in [-0.39, 0.29) is 17.8 Å². The number of amides is 1. The van der Waals surface area contributed by atoms with E-state index in [1.807, 2.05) is 12.1 Å². The standard InChI is InChI=1S/C23H25FN4O2/c1-26(14-17-5-8-19(9-6-17)27-11-3-2-4-12-27)22(29)15-28-16-25-21-10-7-18(24)13-20(21)23(28)30/h5-10,13,16H,2-4,11-12,14-15H2,1H3. The van der Waals surface area contributed by atoms with Gasteiger partial charge in [-0.05, 0) is 55.2 Å². The second kappa shape index (κ2) is 8.65. The Balaban J connectivity index is 1.42. The van der Waals surface area contributed by atoms with Gasteiger partial charge in [0.1, 0.15) is 12.4 Å². The molecule has 0 N–H and O–H groups in total. The number of anilines is 1. The number of benzene rings is 2. The van der Waals surface area contributed by atoms with E-state index in [0.29, 0.717) is 12.1 Å². The molecule has 3 aromatic rings. The first kappa shape index (κ1) is 20.1. The summed E-state index contributed by atoms with van der Waals surface area (Å²) < 4.78 is 14.7. The van der Waals surface area contributed by atoms with Crippen LogP contribution in [0.2, 0.25) is 0 Å². The molecule has 0 aliphatic carbocycles. The highest BCUT2D eigenvalue weighted by molar-refractivity contribution is 5.79. The third-order valence-corrected chi connectivity index (χ3v) is 5.59. The Hall–Kier alpha value is -3.22. The number of aromatic nitrogens is 2. The van der Waals surface area contributed by atoms with Crippen molar-refractivity contribution in [1.82, 2.24) is 14.5 Å². The Bertz CT molecular complexity index is 1100. The van der Waals surface area contributed by atoms with Gasteiger partial charge in [0, 0.05) is 32.4 Å². The predicted molar refractivity (Wildman–Crippen MR) is 115 cm³/mol. The van der Waals surface area contributed by atoms with E-state index in [1.54, 1.807) is 11.9 Å². The van der Waals surface area contributed by atoms with Gasteiger partial charge in [-0.25, -0.2) is 9.37 Å². The number of piperidine rings is 1. The molecule has 1 saturated heterocycles. The normalized spacial score (nSPS) is 14.1. The maximum atomic E-state index is 13.5. The second-order valence-corrected chi connectivity index (χ2v) is 7.80. The number of nitrogens with zero attached hydrogens (tertiary/aromatic N) is 4. The summed E-state index contributed by atoms with van der Waals surface area (Å²) in [4.78, 5) is 33.3.